The molecule has 8 rings (SSSR count). The van der Waals surface area contributed by atoms with Gasteiger partial charge in [0.1, 0.15) is 82.3 Å². The lowest BCUT2D eigenvalue weighted by Crippen LogP contribution is -2.53. The molecular weight excluding hydrogens is 737 g/mol. The van der Waals surface area contributed by atoms with Gasteiger partial charge in [0.25, 0.3) is 0 Å². The number of ether oxygens (including phenoxy) is 11. The Kier molecular flexibility index (Phi) is 14.5. The van der Waals surface area contributed by atoms with Crippen LogP contribution in [-0.4, -0.2) is 212 Å². The molecule has 0 aliphatic carbocycles. The smallest absolute Gasteiger partial charge is 0.146 e. The van der Waals surface area contributed by atoms with Gasteiger partial charge in [0.05, 0.1) is 77.3 Å². The molecule has 0 aromatic carbocycles. The van der Waals surface area contributed by atoms with Crippen LogP contribution in [0.3, 0.4) is 0 Å². The lowest BCUT2D eigenvalue weighted by atomic mass is 9.81. The Balaban J connectivity index is 0.000000140. The van der Waals surface area contributed by atoms with E-state index in [9.17, 15) is 19.7 Å². The zero-order valence-corrected chi connectivity index (χ0v) is 32.9. The van der Waals surface area contributed by atoms with Gasteiger partial charge < -0.3 is 86.5 Å². The minimum Gasteiger partial charge on any atom is -0.779 e. The molecule has 18 atom stereocenters. The first kappa shape index (κ1) is 44.8. The van der Waals surface area contributed by atoms with Crippen LogP contribution >= 0.6 is 7.60 Å². The van der Waals surface area contributed by atoms with Crippen molar-refractivity contribution < 1.29 is 86.5 Å². The van der Waals surface area contributed by atoms with Crippen molar-refractivity contribution in [2.45, 2.75) is 123 Å². The fourth-order valence-electron chi connectivity index (χ4n) is 8.75. The summed E-state index contributed by atoms with van der Waals surface area (Å²) in [6.45, 7) is 8.65. The van der Waals surface area contributed by atoms with Gasteiger partial charge in [-0.2, -0.15) is 0 Å². The minimum atomic E-state index is -3.83. The summed E-state index contributed by atoms with van der Waals surface area (Å²) >= 11 is 0. The van der Waals surface area contributed by atoms with Crippen molar-refractivity contribution in [3.8, 4) is 0 Å². The first-order valence-electron chi connectivity index (χ1n) is 18.2. The molecule has 8 aliphatic rings. The third-order valence-electron chi connectivity index (χ3n) is 11.5. The van der Waals surface area contributed by atoms with Crippen molar-refractivity contribution in [2.24, 2.45) is 5.92 Å². The molecule has 0 aromatic heterocycles. The number of hydrogen-bond acceptors (Lipinski definition) is 18. The van der Waals surface area contributed by atoms with Crippen molar-refractivity contribution in [1.29, 1.82) is 0 Å². The normalized spacial score (nSPS) is 50.3. The number of rotatable bonds is 9. The third kappa shape index (κ3) is 8.27. The molecule has 0 aromatic rings. The Morgan fingerprint density at radius 2 is 1.43 bits per heavy atom. The van der Waals surface area contributed by atoms with Gasteiger partial charge in [-0.1, -0.05) is 0 Å². The van der Waals surface area contributed by atoms with E-state index in [1.165, 1.54) is 0 Å². The minimum absolute atomic E-state index is 0.00699. The number of aliphatic hydroxyl groups is 4. The molecule has 21 heteroatoms. The fraction of sp³-hybridized carbons (Fsp3) is 1.00. The molecule has 8 bridgehead atoms. The van der Waals surface area contributed by atoms with Crippen LogP contribution in [0.2, 0.25) is 0 Å². The summed E-state index contributed by atoms with van der Waals surface area (Å²) in [6, 6.07) is -1.12. The van der Waals surface area contributed by atoms with Gasteiger partial charge >= 0.3 is 0 Å². The van der Waals surface area contributed by atoms with Gasteiger partial charge in [-0.05, 0) is 20.8 Å². The Morgan fingerprint density at radius 3 is 1.94 bits per heavy atom. The van der Waals surface area contributed by atoms with Crippen molar-refractivity contribution >= 4 is 23.3 Å². The molecule has 8 heterocycles. The summed E-state index contributed by atoms with van der Waals surface area (Å²) < 4.78 is 76.1. The largest absolute Gasteiger partial charge is 0.779 e. The SMILES string of the molecule is COC[C@]12CCO[C@@H](C1OP(C)(=O)[O-])[C@H](C)O2.COC[C@]12O[C@@H](C)[C@H](OC1C)[C@@H]2OC.[B]C1O[C@@]2(CO)COC[C@H]1[C@H]2O.[B]C1O[C@@]2(CO)CO[C@H]1[C@H]2O. The van der Waals surface area contributed by atoms with Gasteiger partial charge in [-0.3, -0.25) is 0 Å². The Labute approximate surface area is 318 Å². The van der Waals surface area contributed by atoms with E-state index < -0.39 is 66.4 Å². The molecule has 4 N–H and O–H groups in total. The van der Waals surface area contributed by atoms with Gasteiger partial charge in [0, 0.05) is 52.3 Å². The summed E-state index contributed by atoms with van der Waals surface area (Å²) in [6.07, 6.45) is -2.37. The molecule has 4 radical (unpaired) electrons. The maximum Gasteiger partial charge on any atom is 0.146 e. The number of hydrogen-bond donors (Lipinski definition) is 4. The van der Waals surface area contributed by atoms with E-state index in [4.69, 9.17) is 82.5 Å². The molecule has 8 fully saturated rings. The van der Waals surface area contributed by atoms with Crippen molar-refractivity contribution in [3.63, 3.8) is 0 Å². The van der Waals surface area contributed by atoms with E-state index >= 15 is 0 Å². The lowest BCUT2D eigenvalue weighted by Gasteiger charge is -2.40. The molecule has 0 amide bonds. The van der Waals surface area contributed by atoms with E-state index in [-0.39, 0.29) is 69.0 Å². The average molecular weight is 793 g/mol. The maximum atomic E-state index is 11.3. The highest BCUT2D eigenvalue weighted by molar-refractivity contribution is 7.50. The van der Waals surface area contributed by atoms with Crippen LogP contribution in [0.4, 0.5) is 0 Å². The summed E-state index contributed by atoms with van der Waals surface area (Å²) in [7, 11) is 12.2. The van der Waals surface area contributed by atoms with Gasteiger partial charge in [-0.25, -0.2) is 0 Å². The Hall–Kier alpha value is -0.320. The van der Waals surface area contributed by atoms with Gasteiger partial charge in [0.2, 0.25) is 0 Å². The Morgan fingerprint density at radius 1 is 0.796 bits per heavy atom. The van der Waals surface area contributed by atoms with E-state index in [0.717, 1.165) is 6.66 Å². The molecule has 54 heavy (non-hydrogen) atoms. The molecule has 0 saturated carbocycles. The van der Waals surface area contributed by atoms with E-state index in [1.54, 1.807) is 21.3 Å². The topological polar surface area (TPSA) is 232 Å². The zero-order chi connectivity index (χ0) is 39.9. The summed E-state index contributed by atoms with van der Waals surface area (Å²) in [5.74, 6) is -0.203. The molecule has 308 valence electrons. The van der Waals surface area contributed by atoms with E-state index in [1.807, 2.05) is 20.8 Å². The van der Waals surface area contributed by atoms with Crippen molar-refractivity contribution in [1.82, 2.24) is 0 Å². The van der Waals surface area contributed by atoms with Gasteiger partial charge in [-0.15, -0.1) is 0 Å². The third-order valence-corrected chi connectivity index (χ3v) is 12.2. The monoisotopic (exact) mass is 793 g/mol. The zero-order valence-electron chi connectivity index (χ0n) is 32.0. The van der Waals surface area contributed by atoms with Crippen molar-refractivity contribution in [2.75, 3.05) is 80.8 Å². The second-order valence-corrected chi connectivity index (χ2v) is 17.0. The lowest BCUT2D eigenvalue weighted by molar-refractivity contribution is -0.217. The average Bonchev–Trinajstić information content (AvgIpc) is 3.80. The summed E-state index contributed by atoms with van der Waals surface area (Å²) in [4.78, 5) is 11.3. The second kappa shape index (κ2) is 17.5. The summed E-state index contributed by atoms with van der Waals surface area (Å²) in [5, 5.41) is 37.1. The van der Waals surface area contributed by atoms with E-state index in [0.29, 0.717) is 32.8 Å². The maximum absolute atomic E-state index is 11.3. The van der Waals surface area contributed by atoms with Crippen molar-refractivity contribution in [3.05, 3.63) is 0 Å². The van der Waals surface area contributed by atoms with E-state index in [2.05, 4.69) is 0 Å². The van der Waals surface area contributed by atoms with Crippen LogP contribution in [0.25, 0.3) is 0 Å². The number of methoxy groups -OCH3 is 3. The highest BCUT2D eigenvalue weighted by Crippen LogP contribution is 2.48. The highest BCUT2D eigenvalue weighted by atomic mass is 31.2. The van der Waals surface area contributed by atoms with Crippen LogP contribution in [0.5, 0.6) is 0 Å². The molecule has 18 nitrogen and oxygen atoms in total. The van der Waals surface area contributed by atoms with Crippen LogP contribution in [-0.2, 0) is 61.2 Å². The van der Waals surface area contributed by atoms with Crippen LogP contribution < -0.4 is 4.89 Å². The quantitative estimate of drug-likeness (QED) is 0.135. The highest BCUT2D eigenvalue weighted by Gasteiger charge is 2.65. The molecule has 0 spiro atoms. The molecule has 5 unspecified atom stereocenters. The molecular formula is C33H56B2O18P-. The fourth-order valence-corrected chi connectivity index (χ4v) is 9.47. The Bertz CT molecular complexity index is 1280. The van der Waals surface area contributed by atoms with Crippen LogP contribution in [0, 0.1) is 5.92 Å². The van der Waals surface area contributed by atoms with Gasteiger partial charge in [0.15, 0.2) is 0 Å². The molecule has 8 aliphatic heterocycles. The van der Waals surface area contributed by atoms with Crippen LogP contribution in [0.15, 0.2) is 0 Å². The predicted octanol–water partition coefficient (Wildman–Crippen LogP) is -3.01. The molecule has 8 saturated heterocycles. The first-order chi connectivity index (χ1) is 25.4. The second-order valence-electron chi connectivity index (χ2n) is 15.3. The predicted molar refractivity (Wildman–Crippen MR) is 185 cm³/mol. The number of aliphatic hydroxyl groups excluding tert-OH is 4. The number of fused-ring (bicyclic) bond motifs is 8. The van der Waals surface area contributed by atoms with Crippen LogP contribution in [0.1, 0.15) is 27.2 Å². The summed E-state index contributed by atoms with van der Waals surface area (Å²) in [5.41, 5.74) is -3.03. The first-order valence-corrected chi connectivity index (χ1v) is 20.2. The standard InChI is InChI=1S/C10H19O6P.C10H18O4.C7H11BO4.C6H9BO4/c1-7-8-9(16-17(3,11)12)10(15-7,6-13-2)4-5-14-8;1-6-8-9(12-4)10(14-6,5-11-3)7(2)13-8;8-6-4-1-11-3-7(2-9,12-6)5(4)10;7-5-3-4(9)6(1-8,11-5)2-10-3/h7-9H,4-6H2,1-3H3,(H,11,12);6-9H,5H2,1-4H3;4-6,9-10H,1-3H2;3-5,8-9H,1-2H2/p-1/t7-,8+,9?,10+;6-,7?,8-,9-,10-;4-,5+,6?,7-;3-,4+,5?,6-/m0000/s1.